The van der Waals surface area contributed by atoms with Gasteiger partial charge in [0.2, 0.25) is 11.9 Å². The lowest BCUT2D eigenvalue weighted by Crippen LogP contribution is -2.61. The summed E-state index contributed by atoms with van der Waals surface area (Å²) in [5.74, 6) is 0.132. The molecular weight excluding hydrogens is 446 g/mol. The maximum Gasteiger partial charge on any atom is 0.254 e. The fourth-order valence-electron chi connectivity index (χ4n) is 4.33. The Balaban J connectivity index is 1.31. The van der Waals surface area contributed by atoms with Gasteiger partial charge in [-0.15, -0.1) is 0 Å². The normalized spacial score (nSPS) is 19.7. The molecule has 0 unspecified atom stereocenters. The molecule has 2 amide bonds. The van der Waals surface area contributed by atoms with Crippen LogP contribution >= 0.6 is 11.6 Å². The van der Waals surface area contributed by atoms with E-state index in [9.17, 15) is 9.59 Å². The number of carbonyl (C=O) groups is 2. The van der Waals surface area contributed by atoms with Crippen molar-refractivity contribution in [2.75, 3.05) is 38.3 Å². The molecule has 0 saturated carbocycles. The number of carbonyl (C=O) groups excluding carboxylic acids is 2. The summed E-state index contributed by atoms with van der Waals surface area (Å²) in [5, 5.41) is 6.70. The van der Waals surface area contributed by atoms with Crippen molar-refractivity contribution < 1.29 is 19.1 Å². The summed E-state index contributed by atoms with van der Waals surface area (Å²) in [4.78, 5) is 35.9. The molecule has 0 spiro atoms. The fraction of sp³-hybridized carbons (Fsp3) is 0.478. The van der Waals surface area contributed by atoms with Crippen LogP contribution in [-0.4, -0.2) is 71.2 Å². The van der Waals surface area contributed by atoms with E-state index in [1.165, 1.54) is 0 Å². The molecule has 0 radical (unpaired) electrons. The molecule has 2 fully saturated rings. The van der Waals surface area contributed by atoms with Gasteiger partial charge in [0.15, 0.2) is 0 Å². The highest BCUT2D eigenvalue weighted by atomic mass is 35.5. The average molecular weight is 472 g/mol. The summed E-state index contributed by atoms with van der Waals surface area (Å²) in [7, 11) is 0. The van der Waals surface area contributed by atoms with E-state index < -0.39 is 0 Å². The number of anilines is 1. The van der Waals surface area contributed by atoms with Crippen LogP contribution in [0.1, 0.15) is 35.7 Å². The van der Waals surface area contributed by atoms with E-state index in [0.717, 1.165) is 24.0 Å². The van der Waals surface area contributed by atoms with Crippen LogP contribution in [0.25, 0.3) is 11.3 Å². The molecule has 2 saturated heterocycles. The quantitative estimate of drug-likeness (QED) is 0.665. The first-order valence-electron chi connectivity index (χ1n) is 11.1. The number of amides is 2. The molecule has 1 aromatic carbocycles. The molecular formula is C23H26ClN5O4. The SMILES string of the molecule is CC1(NC(=O)CN2Cc3ccc(-c4nc(NC5CCOCC5)ncc4Cl)cc3C2=O)COC1. The van der Waals surface area contributed by atoms with Gasteiger partial charge in [-0.05, 0) is 31.4 Å². The molecule has 4 heterocycles. The first kappa shape index (κ1) is 22.1. The molecule has 3 aliphatic rings. The van der Waals surface area contributed by atoms with Crippen molar-refractivity contribution in [3.05, 3.63) is 40.5 Å². The minimum Gasteiger partial charge on any atom is -0.381 e. The van der Waals surface area contributed by atoms with Gasteiger partial charge in [0.25, 0.3) is 5.91 Å². The van der Waals surface area contributed by atoms with Gasteiger partial charge in [-0.3, -0.25) is 9.59 Å². The molecule has 0 aliphatic carbocycles. The zero-order valence-corrected chi connectivity index (χ0v) is 19.2. The monoisotopic (exact) mass is 471 g/mol. The molecule has 174 valence electrons. The van der Waals surface area contributed by atoms with Gasteiger partial charge in [-0.25, -0.2) is 9.97 Å². The maximum absolute atomic E-state index is 13.0. The first-order valence-corrected chi connectivity index (χ1v) is 11.5. The number of halogens is 1. The molecule has 3 aliphatic heterocycles. The minimum atomic E-state index is -0.347. The topological polar surface area (TPSA) is 106 Å². The summed E-state index contributed by atoms with van der Waals surface area (Å²) >= 11 is 6.41. The van der Waals surface area contributed by atoms with E-state index in [1.54, 1.807) is 17.2 Å². The van der Waals surface area contributed by atoms with Crippen molar-refractivity contribution in [3.8, 4) is 11.3 Å². The number of hydrogen-bond acceptors (Lipinski definition) is 7. The van der Waals surface area contributed by atoms with Crippen LogP contribution in [0.15, 0.2) is 24.4 Å². The van der Waals surface area contributed by atoms with Crippen molar-refractivity contribution >= 4 is 29.4 Å². The standard InChI is InChI=1S/C23H26ClN5O4/c1-23(12-33-13-23)28-19(30)11-29-10-15-3-2-14(8-17(15)21(29)31)20-18(24)9-25-22(27-20)26-16-4-6-32-7-5-16/h2-3,8-9,16H,4-7,10-13H2,1H3,(H,28,30)(H,25,26,27). The van der Waals surface area contributed by atoms with E-state index in [0.29, 0.717) is 55.2 Å². The van der Waals surface area contributed by atoms with Gasteiger partial charge in [-0.2, -0.15) is 0 Å². The predicted octanol–water partition coefficient (Wildman–Crippen LogP) is 2.25. The molecule has 2 N–H and O–H groups in total. The summed E-state index contributed by atoms with van der Waals surface area (Å²) in [5.41, 5.74) is 2.38. The van der Waals surface area contributed by atoms with Gasteiger partial charge in [0.05, 0.1) is 35.7 Å². The third-order valence-corrected chi connectivity index (χ3v) is 6.45. The highest BCUT2D eigenvalue weighted by molar-refractivity contribution is 6.33. The van der Waals surface area contributed by atoms with Crippen LogP contribution in [0.2, 0.25) is 5.02 Å². The Morgan fingerprint density at radius 2 is 2.06 bits per heavy atom. The molecule has 5 rings (SSSR count). The third-order valence-electron chi connectivity index (χ3n) is 6.18. The van der Waals surface area contributed by atoms with E-state index in [2.05, 4.69) is 20.6 Å². The van der Waals surface area contributed by atoms with Crippen LogP contribution in [0.5, 0.6) is 0 Å². The lowest BCUT2D eigenvalue weighted by molar-refractivity contribution is -0.131. The van der Waals surface area contributed by atoms with E-state index >= 15 is 0 Å². The summed E-state index contributed by atoms with van der Waals surface area (Å²) in [6.07, 6.45) is 3.36. The predicted molar refractivity (Wildman–Crippen MR) is 122 cm³/mol. The highest BCUT2D eigenvalue weighted by Gasteiger charge is 2.36. The first-order chi connectivity index (χ1) is 15.9. The Hall–Kier alpha value is -2.75. The number of rotatable bonds is 6. The molecule has 1 aromatic heterocycles. The lowest BCUT2D eigenvalue weighted by Gasteiger charge is -2.39. The summed E-state index contributed by atoms with van der Waals surface area (Å²) < 4.78 is 10.6. The van der Waals surface area contributed by atoms with Gasteiger partial charge < -0.3 is 25.0 Å². The van der Waals surface area contributed by atoms with Crippen molar-refractivity contribution in [3.63, 3.8) is 0 Å². The third kappa shape index (κ3) is 4.66. The molecule has 0 atom stereocenters. The average Bonchev–Trinajstić information content (AvgIpc) is 3.09. The number of nitrogens with one attached hydrogen (secondary N) is 2. The van der Waals surface area contributed by atoms with E-state index in [1.807, 2.05) is 19.1 Å². The number of fused-ring (bicyclic) bond motifs is 1. The Morgan fingerprint density at radius 1 is 1.27 bits per heavy atom. The molecule has 9 nitrogen and oxygen atoms in total. The largest absolute Gasteiger partial charge is 0.381 e. The molecule has 33 heavy (non-hydrogen) atoms. The Morgan fingerprint density at radius 3 is 2.79 bits per heavy atom. The van der Waals surface area contributed by atoms with Crippen LogP contribution in [0, 0.1) is 0 Å². The van der Waals surface area contributed by atoms with Gasteiger partial charge in [0.1, 0.15) is 6.54 Å². The second-order valence-corrected chi connectivity index (χ2v) is 9.46. The summed E-state index contributed by atoms with van der Waals surface area (Å²) in [6.45, 7) is 4.73. The van der Waals surface area contributed by atoms with Crippen LogP contribution in [0.3, 0.4) is 0 Å². The van der Waals surface area contributed by atoms with Gasteiger partial charge >= 0.3 is 0 Å². The second-order valence-electron chi connectivity index (χ2n) is 9.06. The minimum absolute atomic E-state index is 0.00582. The molecule has 10 heteroatoms. The summed E-state index contributed by atoms with van der Waals surface area (Å²) in [6, 6.07) is 5.84. The number of benzene rings is 1. The second kappa shape index (κ2) is 8.89. The van der Waals surface area contributed by atoms with Crippen molar-refractivity contribution in [1.29, 1.82) is 0 Å². The molecule has 0 bridgehead atoms. The van der Waals surface area contributed by atoms with Crippen molar-refractivity contribution in [2.24, 2.45) is 0 Å². The van der Waals surface area contributed by atoms with Crippen LogP contribution < -0.4 is 10.6 Å². The van der Waals surface area contributed by atoms with Gasteiger partial charge in [0, 0.05) is 36.9 Å². The zero-order chi connectivity index (χ0) is 23.0. The Kier molecular flexibility index (Phi) is 5.94. The smallest absolute Gasteiger partial charge is 0.254 e. The van der Waals surface area contributed by atoms with E-state index in [-0.39, 0.29) is 29.9 Å². The highest BCUT2D eigenvalue weighted by Crippen LogP contribution is 2.31. The number of nitrogens with zero attached hydrogens (tertiary/aromatic N) is 3. The number of ether oxygens (including phenoxy) is 2. The van der Waals surface area contributed by atoms with Crippen molar-refractivity contribution in [1.82, 2.24) is 20.2 Å². The van der Waals surface area contributed by atoms with E-state index in [4.69, 9.17) is 21.1 Å². The Labute approximate surface area is 196 Å². The number of aromatic nitrogens is 2. The number of hydrogen-bond donors (Lipinski definition) is 2. The zero-order valence-electron chi connectivity index (χ0n) is 18.4. The van der Waals surface area contributed by atoms with Crippen LogP contribution in [-0.2, 0) is 20.8 Å². The Bertz CT molecular complexity index is 1080. The van der Waals surface area contributed by atoms with Crippen molar-refractivity contribution in [2.45, 2.75) is 37.9 Å². The van der Waals surface area contributed by atoms with Gasteiger partial charge in [-0.1, -0.05) is 23.7 Å². The lowest BCUT2D eigenvalue weighted by atomic mass is 10.0. The molecule has 2 aromatic rings. The fourth-order valence-corrected chi connectivity index (χ4v) is 4.53. The maximum atomic E-state index is 13.0. The van der Waals surface area contributed by atoms with Crippen LogP contribution in [0.4, 0.5) is 5.95 Å².